The van der Waals surface area contributed by atoms with Crippen molar-refractivity contribution < 1.29 is 23.9 Å². The Hall–Kier alpha value is -6.07. The van der Waals surface area contributed by atoms with E-state index in [0.717, 1.165) is 56.5 Å². The summed E-state index contributed by atoms with van der Waals surface area (Å²) in [6.45, 7) is 32.4. The predicted octanol–water partition coefficient (Wildman–Crippen LogP) is 9.28. The van der Waals surface area contributed by atoms with E-state index >= 15 is 0 Å². The maximum absolute atomic E-state index is 12.6. The molecule has 4 amide bonds. The highest BCUT2D eigenvalue weighted by molar-refractivity contribution is 6.74. The average Bonchev–Trinajstić information content (AvgIpc) is 3.86. The van der Waals surface area contributed by atoms with Gasteiger partial charge in [0.25, 0.3) is 8.32 Å². The lowest BCUT2D eigenvalue weighted by Crippen LogP contribution is -2.50. The van der Waals surface area contributed by atoms with E-state index in [4.69, 9.17) is 22.3 Å². The first-order valence-electron chi connectivity index (χ1n) is 20.2. The largest absolute Gasteiger partial charge is 0.542 e. The lowest BCUT2D eigenvalue weighted by atomic mass is 10.2. The summed E-state index contributed by atoms with van der Waals surface area (Å²) in [7, 11) is -1.92. The highest BCUT2D eigenvalue weighted by Crippen LogP contribution is 2.37. The summed E-state index contributed by atoms with van der Waals surface area (Å²) in [5.41, 5.74) is 3.39. The quantitative estimate of drug-likeness (QED) is 0.128. The minimum Gasteiger partial charge on any atom is -0.542 e. The number of benzene rings is 2. The van der Waals surface area contributed by atoms with Gasteiger partial charge in [0.2, 0.25) is 0 Å². The number of aromatic hydroxyl groups is 1. The van der Waals surface area contributed by atoms with E-state index in [1.54, 1.807) is 40.3 Å². The Labute approximate surface area is 366 Å². The number of ether oxygens (including phenoxy) is 1. The molecular weight excluding hydrogens is 812 g/mol. The normalized spacial score (nSPS) is 15.0. The Morgan fingerprint density at radius 1 is 0.689 bits per heavy atom. The second-order valence-electron chi connectivity index (χ2n) is 16.0. The number of nitrogens with one attached hydrogen (secondary N) is 2. The molecule has 7 rings (SSSR count). The fourth-order valence-electron chi connectivity index (χ4n) is 6.12. The molecule has 3 aliphatic rings. The number of piperazine rings is 2. The number of hydrogen-bond donors (Lipinski definition) is 3. The van der Waals surface area contributed by atoms with Crippen molar-refractivity contribution in [2.24, 2.45) is 0 Å². The van der Waals surface area contributed by atoms with Crippen molar-refractivity contribution in [3.8, 4) is 11.5 Å². The SMILES string of the molecule is C1CCOC1.Cl.[C-]#[N+]c1ccc(N2CCN(C(=O)Nc3ccc(O)cn3)CC2)cc1.[C-]#[N+]c1ccc(N2CCN(C(=O)Nc3ccc(O[Si](C)(C)C(C)(C)C)cn3)CC2)cc1. The molecule has 3 N–H and O–H groups in total. The topological polar surface area (TPSA) is 144 Å². The number of rotatable bonds is 6. The maximum atomic E-state index is 12.6. The molecule has 0 atom stereocenters. The number of nitrogens with zero attached hydrogens (tertiary/aromatic N) is 8. The third-order valence-corrected chi connectivity index (χ3v) is 15.1. The van der Waals surface area contributed by atoms with Crippen LogP contribution in [0.2, 0.25) is 18.1 Å². The van der Waals surface area contributed by atoms with Crippen LogP contribution in [-0.4, -0.2) is 111 Å². The second kappa shape index (κ2) is 22.5. The van der Waals surface area contributed by atoms with Crippen molar-refractivity contribution in [3.63, 3.8) is 0 Å². The molecule has 3 saturated heterocycles. The van der Waals surface area contributed by atoms with E-state index in [-0.39, 0.29) is 35.3 Å². The van der Waals surface area contributed by atoms with Gasteiger partial charge in [-0.3, -0.25) is 10.6 Å². The Bertz CT molecular complexity index is 2060. The Morgan fingerprint density at radius 3 is 1.44 bits per heavy atom. The molecule has 5 heterocycles. The van der Waals surface area contributed by atoms with Crippen LogP contribution in [0, 0.1) is 13.1 Å². The van der Waals surface area contributed by atoms with Gasteiger partial charge in [-0.25, -0.2) is 29.2 Å². The van der Waals surface area contributed by atoms with E-state index in [1.807, 2.05) is 42.5 Å². The summed E-state index contributed by atoms with van der Waals surface area (Å²) in [5.74, 6) is 1.73. The van der Waals surface area contributed by atoms with Crippen LogP contribution in [0.15, 0.2) is 85.2 Å². The molecule has 17 heteroatoms. The van der Waals surface area contributed by atoms with E-state index in [0.29, 0.717) is 49.2 Å². The fourth-order valence-corrected chi connectivity index (χ4v) is 7.14. The third kappa shape index (κ3) is 14.3. The Morgan fingerprint density at radius 2 is 1.11 bits per heavy atom. The zero-order valence-electron chi connectivity index (χ0n) is 35.6. The molecule has 0 bridgehead atoms. The molecule has 15 nitrogen and oxygen atoms in total. The minimum absolute atomic E-state index is 0. The van der Waals surface area contributed by atoms with Crippen LogP contribution >= 0.6 is 12.4 Å². The van der Waals surface area contributed by atoms with Crippen LogP contribution in [0.3, 0.4) is 0 Å². The Balaban J connectivity index is 0.000000242. The summed E-state index contributed by atoms with van der Waals surface area (Å²) in [6, 6.07) is 21.4. The van der Waals surface area contributed by atoms with Gasteiger partial charge in [-0.05, 0) is 79.5 Å². The van der Waals surface area contributed by atoms with Crippen LogP contribution in [0.5, 0.6) is 11.5 Å². The fraction of sp³-hybridized carbons (Fsp3) is 0.409. The molecule has 0 radical (unpaired) electrons. The van der Waals surface area contributed by atoms with Crippen molar-refractivity contribution in [1.82, 2.24) is 19.8 Å². The summed E-state index contributed by atoms with van der Waals surface area (Å²) < 4.78 is 11.2. The van der Waals surface area contributed by atoms with Crippen molar-refractivity contribution in [2.75, 3.05) is 86.0 Å². The first-order valence-corrected chi connectivity index (χ1v) is 23.1. The van der Waals surface area contributed by atoms with Crippen LogP contribution in [0.1, 0.15) is 33.6 Å². The molecule has 324 valence electrons. The van der Waals surface area contributed by atoms with E-state index < -0.39 is 8.32 Å². The number of pyridine rings is 2. The van der Waals surface area contributed by atoms with Gasteiger partial charge >= 0.3 is 12.1 Å². The second-order valence-corrected chi connectivity index (χ2v) is 20.8. The van der Waals surface area contributed by atoms with E-state index in [2.05, 4.69) is 74.0 Å². The van der Waals surface area contributed by atoms with Gasteiger partial charge in [-0.2, -0.15) is 0 Å². The van der Waals surface area contributed by atoms with Crippen molar-refractivity contribution in [1.29, 1.82) is 0 Å². The van der Waals surface area contributed by atoms with Crippen molar-refractivity contribution in [2.45, 2.75) is 51.7 Å². The summed E-state index contributed by atoms with van der Waals surface area (Å²) in [4.78, 5) is 47.9. The molecule has 61 heavy (non-hydrogen) atoms. The molecule has 0 unspecified atom stereocenters. The summed E-state index contributed by atoms with van der Waals surface area (Å²) >= 11 is 0. The first kappa shape index (κ1) is 47.6. The smallest absolute Gasteiger partial charge is 0.323 e. The van der Waals surface area contributed by atoms with Crippen molar-refractivity contribution in [3.05, 3.63) is 108 Å². The highest BCUT2D eigenvalue weighted by atomic mass is 35.5. The number of amides is 4. The Kier molecular flexibility index (Phi) is 17.6. The molecule has 4 aromatic rings. The van der Waals surface area contributed by atoms with Gasteiger partial charge in [0, 0.05) is 76.9 Å². The summed E-state index contributed by atoms with van der Waals surface area (Å²) in [6.07, 6.45) is 5.53. The first-order chi connectivity index (χ1) is 28.7. The number of carbonyl (C=O) groups excluding carboxylic acids is 2. The maximum Gasteiger partial charge on any atom is 0.323 e. The third-order valence-electron chi connectivity index (χ3n) is 10.8. The van der Waals surface area contributed by atoms with Gasteiger partial charge in [0.15, 0.2) is 11.4 Å². The zero-order chi connectivity index (χ0) is 43.1. The van der Waals surface area contributed by atoms with E-state index in [1.165, 1.54) is 25.1 Å². The van der Waals surface area contributed by atoms with Crippen LogP contribution in [0.4, 0.5) is 44.0 Å². The van der Waals surface area contributed by atoms with Gasteiger partial charge in [-0.15, -0.1) is 12.4 Å². The zero-order valence-corrected chi connectivity index (χ0v) is 37.5. The molecule has 3 aliphatic heterocycles. The van der Waals surface area contributed by atoms with Gasteiger partial charge in [0.05, 0.1) is 25.5 Å². The number of halogens is 1. The molecule has 2 aromatic carbocycles. The number of aromatic nitrogens is 2. The minimum atomic E-state index is -1.92. The lowest BCUT2D eigenvalue weighted by molar-refractivity contribution is 0.198. The van der Waals surface area contributed by atoms with E-state index in [9.17, 15) is 14.7 Å². The molecule has 0 spiro atoms. The monoisotopic (exact) mass is 868 g/mol. The lowest BCUT2D eigenvalue weighted by Gasteiger charge is -2.36. The number of anilines is 4. The average molecular weight is 870 g/mol. The molecule has 2 aromatic heterocycles. The standard InChI is InChI=1S/C23H31N5O2Si.C17H17N5O2.C4H8O.ClH/c1-23(2,3)31(5,6)30-20-11-12-21(25-17-20)26-22(29)28-15-13-27(14-16-28)19-9-7-18(24-4)8-10-19;1-18-13-2-4-14(5-3-13)21-8-10-22(11-9-21)17(24)20-16-7-6-15(23)12-19-16;1-2-4-5-3-1;/h7-12,17H,13-16H2,1-3,5-6H3,(H,25,26,29);2-7,12,23H,8-11H2,(H,19,20,24);1-4H2;1H. The highest BCUT2D eigenvalue weighted by Gasteiger charge is 2.39. The molecule has 3 fully saturated rings. The van der Waals surface area contributed by atoms with Crippen LogP contribution in [-0.2, 0) is 4.74 Å². The van der Waals surface area contributed by atoms with Gasteiger partial charge < -0.3 is 33.9 Å². The summed E-state index contributed by atoms with van der Waals surface area (Å²) in [5, 5.41) is 14.9. The molecular formula is C44H57ClN10O5Si. The van der Waals surface area contributed by atoms with Gasteiger partial charge in [0.1, 0.15) is 23.1 Å². The predicted molar refractivity (Wildman–Crippen MR) is 246 cm³/mol. The molecule has 0 aliphatic carbocycles. The number of carbonyl (C=O) groups is 2. The number of hydrogen-bond acceptors (Lipinski definition) is 9. The van der Waals surface area contributed by atoms with Crippen LogP contribution in [0.25, 0.3) is 9.69 Å². The van der Waals surface area contributed by atoms with Crippen molar-refractivity contribution >= 4 is 67.2 Å². The molecule has 0 saturated carbocycles. The number of urea groups is 2. The van der Waals surface area contributed by atoms with Crippen LogP contribution < -0.4 is 24.9 Å². The van der Waals surface area contributed by atoms with Gasteiger partial charge in [-0.1, -0.05) is 45.0 Å².